The molecule has 2 aliphatic heterocycles. The van der Waals surface area contributed by atoms with Crippen LogP contribution in [0.25, 0.3) is 0 Å². The average Bonchev–Trinajstić information content (AvgIpc) is 3.18. The first kappa shape index (κ1) is 19.5. The molecule has 0 amide bonds. The maximum atomic E-state index is 5.91. The molecular weight excluding hydrogens is 421 g/mol. The first-order chi connectivity index (χ1) is 11.2. The maximum absolute atomic E-state index is 5.91. The van der Waals surface area contributed by atoms with E-state index < -0.39 is 0 Å². The lowest BCUT2D eigenvalue weighted by molar-refractivity contribution is -0.0817. The Bertz CT molecular complexity index is 555. The SMILES string of the molecule is CN=C(NCc1cc(C)oc1C)N1CCOC(C2CCCO2)C1.I. The molecule has 7 heteroatoms. The summed E-state index contributed by atoms with van der Waals surface area (Å²) in [5.74, 6) is 2.82. The molecule has 136 valence electrons. The molecule has 1 aromatic heterocycles. The molecule has 2 fully saturated rings. The Morgan fingerprint density at radius 3 is 2.71 bits per heavy atom. The number of hydrogen-bond donors (Lipinski definition) is 1. The van der Waals surface area contributed by atoms with E-state index in [4.69, 9.17) is 13.9 Å². The van der Waals surface area contributed by atoms with Crippen molar-refractivity contribution >= 4 is 29.9 Å². The number of hydrogen-bond acceptors (Lipinski definition) is 4. The molecule has 0 radical (unpaired) electrons. The topological polar surface area (TPSA) is 59.2 Å². The van der Waals surface area contributed by atoms with E-state index in [1.54, 1.807) is 0 Å². The number of halogens is 1. The fraction of sp³-hybridized carbons (Fsp3) is 0.706. The molecule has 0 aromatic carbocycles. The Kier molecular flexibility index (Phi) is 7.36. The van der Waals surface area contributed by atoms with Gasteiger partial charge in [-0.3, -0.25) is 4.99 Å². The molecule has 6 nitrogen and oxygen atoms in total. The van der Waals surface area contributed by atoms with Gasteiger partial charge in [0.1, 0.15) is 17.6 Å². The Morgan fingerprint density at radius 1 is 1.29 bits per heavy atom. The minimum absolute atomic E-state index is 0. The van der Waals surface area contributed by atoms with Gasteiger partial charge >= 0.3 is 0 Å². The van der Waals surface area contributed by atoms with E-state index >= 15 is 0 Å². The molecule has 3 heterocycles. The summed E-state index contributed by atoms with van der Waals surface area (Å²) in [6, 6.07) is 2.07. The molecule has 2 unspecified atom stereocenters. The zero-order chi connectivity index (χ0) is 16.2. The molecular formula is C17H28IN3O3. The number of furan rings is 1. The zero-order valence-electron chi connectivity index (χ0n) is 14.7. The summed E-state index contributed by atoms with van der Waals surface area (Å²) in [5, 5.41) is 3.44. The summed E-state index contributed by atoms with van der Waals surface area (Å²) in [6.45, 7) is 7.94. The Balaban J connectivity index is 0.00000208. The highest BCUT2D eigenvalue weighted by atomic mass is 127. The van der Waals surface area contributed by atoms with Gasteiger partial charge in [0.15, 0.2) is 5.96 Å². The van der Waals surface area contributed by atoms with Gasteiger partial charge in [0.2, 0.25) is 0 Å². The molecule has 3 rings (SSSR count). The van der Waals surface area contributed by atoms with Crippen LogP contribution in [-0.2, 0) is 16.0 Å². The van der Waals surface area contributed by atoms with Crippen LogP contribution in [0.4, 0.5) is 0 Å². The van der Waals surface area contributed by atoms with Gasteiger partial charge in [-0.05, 0) is 32.8 Å². The van der Waals surface area contributed by atoms with Crippen molar-refractivity contribution < 1.29 is 13.9 Å². The molecule has 0 spiro atoms. The molecule has 2 saturated heterocycles. The molecule has 2 atom stereocenters. The Hall–Kier alpha value is -0.800. The van der Waals surface area contributed by atoms with Crippen LogP contribution < -0.4 is 5.32 Å². The Labute approximate surface area is 161 Å². The summed E-state index contributed by atoms with van der Waals surface area (Å²) in [6.07, 6.45) is 2.60. The second kappa shape index (κ2) is 9.05. The van der Waals surface area contributed by atoms with Crippen LogP contribution in [0.3, 0.4) is 0 Å². The van der Waals surface area contributed by atoms with Gasteiger partial charge in [-0.25, -0.2) is 0 Å². The fourth-order valence-corrected chi connectivity index (χ4v) is 3.35. The number of aliphatic imine (C=N–C) groups is 1. The van der Waals surface area contributed by atoms with Crippen molar-refractivity contribution in [2.45, 2.75) is 45.4 Å². The number of guanidine groups is 1. The smallest absolute Gasteiger partial charge is 0.194 e. The van der Waals surface area contributed by atoms with Gasteiger partial charge in [0, 0.05) is 38.9 Å². The lowest BCUT2D eigenvalue weighted by Gasteiger charge is -2.37. The third kappa shape index (κ3) is 4.64. The number of aryl methyl sites for hydroxylation is 2. The van der Waals surface area contributed by atoms with Crippen LogP contribution in [0, 0.1) is 13.8 Å². The monoisotopic (exact) mass is 449 g/mol. The van der Waals surface area contributed by atoms with E-state index in [0.717, 1.165) is 63.2 Å². The second-order valence-electron chi connectivity index (χ2n) is 6.25. The average molecular weight is 449 g/mol. The van der Waals surface area contributed by atoms with E-state index in [0.29, 0.717) is 0 Å². The summed E-state index contributed by atoms with van der Waals surface area (Å²) in [4.78, 5) is 6.69. The number of ether oxygens (including phenoxy) is 2. The van der Waals surface area contributed by atoms with Gasteiger partial charge in [-0.1, -0.05) is 0 Å². The summed E-state index contributed by atoms with van der Waals surface area (Å²) in [5.41, 5.74) is 1.17. The van der Waals surface area contributed by atoms with Gasteiger partial charge in [0.25, 0.3) is 0 Å². The highest BCUT2D eigenvalue weighted by Gasteiger charge is 2.32. The highest BCUT2D eigenvalue weighted by molar-refractivity contribution is 14.0. The van der Waals surface area contributed by atoms with Gasteiger partial charge in [0.05, 0.1) is 12.7 Å². The predicted octanol–water partition coefficient (Wildman–Crippen LogP) is 2.47. The van der Waals surface area contributed by atoms with E-state index in [1.807, 2.05) is 20.9 Å². The third-order valence-electron chi connectivity index (χ3n) is 4.57. The molecule has 1 N–H and O–H groups in total. The minimum Gasteiger partial charge on any atom is -0.466 e. The van der Waals surface area contributed by atoms with Crippen LogP contribution in [0.5, 0.6) is 0 Å². The number of nitrogens with zero attached hydrogens (tertiary/aromatic N) is 2. The standard InChI is InChI=1S/C17H27N3O3.HI/c1-12-9-14(13(2)23-12)10-19-17(18-3)20-6-8-22-16(11-20)15-5-4-7-21-15;/h9,15-16H,4-8,10-11H2,1-3H3,(H,18,19);1H. The number of nitrogens with one attached hydrogen (secondary N) is 1. The maximum Gasteiger partial charge on any atom is 0.194 e. The molecule has 24 heavy (non-hydrogen) atoms. The lowest BCUT2D eigenvalue weighted by atomic mass is 10.1. The summed E-state index contributed by atoms with van der Waals surface area (Å²) < 4.78 is 17.3. The van der Waals surface area contributed by atoms with Gasteiger partial charge < -0.3 is 24.1 Å². The first-order valence-electron chi connectivity index (χ1n) is 8.42. The minimum atomic E-state index is 0. The second-order valence-corrected chi connectivity index (χ2v) is 6.25. The highest BCUT2D eigenvalue weighted by Crippen LogP contribution is 2.21. The normalized spacial score (nSPS) is 24.8. The van der Waals surface area contributed by atoms with Crippen molar-refractivity contribution in [1.82, 2.24) is 10.2 Å². The van der Waals surface area contributed by atoms with Crippen LogP contribution >= 0.6 is 24.0 Å². The zero-order valence-corrected chi connectivity index (χ0v) is 17.0. The van der Waals surface area contributed by atoms with E-state index in [2.05, 4.69) is 21.3 Å². The van der Waals surface area contributed by atoms with Crippen molar-refractivity contribution in [1.29, 1.82) is 0 Å². The van der Waals surface area contributed by atoms with Crippen LogP contribution in [0.1, 0.15) is 29.9 Å². The number of rotatable bonds is 3. The van der Waals surface area contributed by atoms with Crippen molar-refractivity contribution in [3.63, 3.8) is 0 Å². The molecule has 0 aliphatic carbocycles. The number of morpholine rings is 1. The van der Waals surface area contributed by atoms with Crippen LogP contribution in [-0.4, -0.2) is 56.4 Å². The van der Waals surface area contributed by atoms with Crippen molar-refractivity contribution in [2.75, 3.05) is 33.4 Å². The van der Waals surface area contributed by atoms with Crippen LogP contribution in [0.15, 0.2) is 15.5 Å². The lowest BCUT2D eigenvalue weighted by Crippen LogP contribution is -2.53. The quantitative estimate of drug-likeness (QED) is 0.437. The van der Waals surface area contributed by atoms with Crippen LogP contribution in [0.2, 0.25) is 0 Å². The fourth-order valence-electron chi connectivity index (χ4n) is 3.35. The molecule has 2 aliphatic rings. The van der Waals surface area contributed by atoms with Crippen molar-refractivity contribution in [2.24, 2.45) is 4.99 Å². The van der Waals surface area contributed by atoms with Crippen molar-refractivity contribution in [3.8, 4) is 0 Å². The summed E-state index contributed by atoms with van der Waals surface area (Å²) >= 11 is 0. The molecule has 1 aromatic rings. The van der Waals surface area contributed by atoms with E-state index in [-0.39, 0.29) is 36.2 Å². The van der Waals surface area contributed by atoms with Gasteiger partial charge in [-0.15, -0.1) is 24.0 Å². The van der Waals surface area contributed by atoms with E-state index in [1.165, 1.54) is 5.56 Å². The van der Waals surface area contributed by atoms with Crippen molar-refractivity contribution in [3.05, 3.63) is 23.2 Å². The summed E-state index contributed by atoms with van der Waals surface area (Å²) in [7, 11) is 1.83. The Morgan fingerprint density at radius 2 is 2.08 bits per heavy atom. The molecule has 0 saturated carbocycles. The third-order valence-corrected chi connectivity index (χ3v) is 4.57. The molecule has 0 bridgehead atoms. The van der Waals surface area contributed by atoms with E-state index in [9.17, 15) is 0 Å². The van der Waals surface area contributed by atoms with Gasteiger partial charge in [-0.2, -0.15) is 0 Å². The first-order valence-corrected chi connectivity index (χ1v) is 8.42. The predicted molar refractivity (Wildman–Crippen MR) is 104 cm³/mol. The largest absolute Gasteiger partial charge is 0.466 e.